The first-order valence-electron chi connectivity index (χ1n) is 7.13. The molecule has 1 unspecified atom stereocenters. The van der Waals surface area contributed by atoms with E-state index >= 15 is 0 Å². The summed E-state index contributed by atoms with van der Waals surface area (Å²) in [5.74, 6) is 0.904. The van der Waals surface area contributed by atoms with Gasteiger partial charge in [-0.15, -0.1) is 0 Å². The van der Waals surface area contributed by atoms with Crippen LogP contribution in [0.5, 0.6) is 0 Å². The maximum atomic E-state index is 12.6. The van der Waals surface area contributed by atoms with Gasteiger partial charge in [0.1, 0.15) is 17.5 Å². The minimum Gasteiger partial charge on any atom is -0.339 e. The highest BCUT2D eigenvalue weighted by Gasteiger charge is 2.42. The summed E-state index contributed by atoms with van der Waals surface area (Å²) in [6.07, 6.45) is 4.02. The zero-order valence-electron chi connectivity index (χ0n) is 12.0. The van der Waals surface area contributed by atoms with Gasteiger partial charge in [-0.1, -0.05) is 6.92 Å². The van der Waals surface area contributed by atoms with Gasteiger partial charge in [0.15, 0.2) is 5.82 Å². The Morgan fingerprint density at radius 1 is 1.43 bits per heavy atom. The van der Waals surface area contributed by atoms with Gasteiger partial charge in [-0.2, -0.15) is 4.98 Å². The predicted molar refractivity (Wildman–Crippen MR) is 79.7 cm³/mol. The van der Waals surface area contributed by atoms with Crippen LogP contribution < -0.4 is 9.80 Å². The molecule has 0 bridgehead atoms. The van der Waals surface area contributed by atoms with Crippen LogP contribution in [0.2, 0.25) is 5.28 Å². The summed E-state index contributed by atoms with van der Waals surface area (Å²) in [5, 5.41) is 0.153. The lowest BCUT2D eigenvalue weighted by molar-refractivity contribution is -0.120. The fraction of sp³-hybridized carbons (Fsp3) is 0.571. The highest BCUT2D eigenvalue weighted by molar-refractivity contribution is 6.28. The second kappa shape index (κ2) is 5.26. The maximum absolute atomic E-state index is 12.6. The van der Waals surface area contributed by atoms with Gasteiger partial charge in [0.2, 0.25) is 11.2 Å². The molecule has 1 aromatic rings. The first-order valence-corrected chi connectivity index (χ1v) is 7.50. The molecule has 1 saturated carbocycles. The molecule has 0 aromatic carbocycles. The van der Waals surface area contributed by atoms with Crippen molar-refractivity contribution in [1.29, 1.82) is 0 Å². The number of hydrogen-bond donors (Lipinski definition) is 0. The zero-order valence-corrected chi connectivity index (χ0v) is 12.8. The third kappa shape index (κ3) is 2.27. The second-order valence-electron chi connectivity index (χ2n) is 5.51. The number of fused-ring (bicyclic) bond motifs is 1. The molecule has 2 aliphatic rings. The number of anilines is 2. The van der Waals surface area contributed by atoms with Gasteiger partial charge in [0.25, 0.3) is 0 Å². The van der Waals surface area contributed by atoms with Gasteiger partial charge in [0, 0.05) is 25.9 Å². The van der Waals surface area contributed by atoms with Crippen LogP contribution in [0.25, 0.3) is 0 Å². The molecule has 1 amide bonds. The van der Waals surface area contributed by atoms with Crippen molar-refractivity contribution in [3.05, 3.63) is 11.5 Å². The summed E-state index contributed by atoms with van der Waals surface area (Å²) in [4.78, 5) is 36.1. The van der Waals surface area contributed by atoms with E-state index in [1.807, 2.05) is 11.8 Å². The molecule has 2 atom stereocenters. The van der Waals surface area contributed by atoms with Crippen molar-refractivity contribution < 1.29 is 9.59 Å². The smallest absolute Gasteiger partial charge is 0.249 e. The number of nitrogens with zero attached hydrogens (tertiary/aromatic N) is 4. The lowest BCUT2D eigenvalue weighted by Crippen LogP contribution is -2.55. The number of likely N-dealkylation sites (N-methyl/N-ethyl adjacent to an activating group) is 1. The summed E-state index contributed by atoms with van der Waals surface area (Å²) < 4.78 is 0. The van der Waals surface area contributed by atoms with Gasteiger partial charge >= 0.3 is 0 Å². The van der Waals surface area contributed by atoms with E-state index in [1.165, 1.54) is 0 Å². The molecule has 1 aliphatic carbocycles. The van der Waals surface area contributed by atoms with Crippen molar-refractivity contribution in [3.63, 3.8) is 0 Å². The van der Waals surface area contributed by atoms with Gasteiger partial charge in [0.05, 0.1) is 6.20 Å². The SMILES string of the molecule is CC[C@@H]1C(=O)N(C)c2cnc(Cl)nc2N1C1CCC(=O)C1. The molecule has 1 aliphatic heterocycles. The van der Waals surface area contributed by atoms with Crippen molar-refractivity contribution in [2.75, 3.05) is 16.8 Å². The molecule has 6 nitrogen and oxygen atoms in total. The summed E-state index contributed by atoms with van der Waals surface area (Å²) >= 11 is 5.93. The van der Waals surface area contributed by atoms with E-state index in [9.17, 15) is 9.59 Å². The fourth-order valence-electron chi connectivity index (χ4n) is 3.21. The topological polar surface area (TPSA) is 66.4 Å². The Morgan fingerprint density at radius 2 is 2.19 bits per heavy atom. The van der Waals surface area contributed by atoms with Gasteiger partial charge in [-0.3, -0.25) is 9.59 Å². The second-order valence-corrected chi connectivity index (χ2v) is 5.85. The van der Waals surface area contributed by atoms with Crippen LogP contribution in [-0.4, -0.2) is 40.8 Å². The van der Waals surface area contributed by atoms with Gasteiger partial charge in [-0.05, 0) is 24.4 Å². The Labute approximate surface area is 128 Å². The molecular weight excluding hydrogens is 292 g/mol. The lowest BCUT2D eigenvalue weighted by Gasteiger charge is -2.43. The third-order valence-electron chi connectivity index (χ3n) is 4.28. The van der Waals surface area contributed by atoms with Crippen LogP contribution in [0.4, 0.5) is 11.5 Å². The average molecular weight is 309 g/mol. The number of aromatic nitrogens is 2. The zero-order chi connectivity index (χ0) is 15.1. The number of ketones is 1. The molecule has 0 saturated heterocycles. The van der Waals surface area contributed by atoms with Crippen LogP contribution >= 0.6 is 11.6 Å². The van der Waals surface area contributed by atoms with Crippen molar-refractivity contribution in [1.82, 2.24) is 9.97 Å². The number of carbonyl (C=O) groups excluding carboxylic acids is 2. The standard InChI is InChI=1S/C14H17ClN4O2/c1-3-10-13(21)18(2)11-7-16-14(15)17-12(11)19(10)8-4-5-9(20)6-8/h7-8,10H,3-6H2,1-2H3/t8?,10-/m1/s1. The Balaban J connectivity index is 2.10. The molecule has 2 heterocycles. The van der Waals surface area contributed by atoms with E-state index in [0.29, 0.717) is 30.8 Å². The molecule has 1 aromatic heterocycles. The summed E-state index contributed by atoms with van der Waals surface area (Å²) in [5.41, 5.74) is 0.647. The minimum absolute atomic E-state index is 0.00951. The molecule has 0 N–H and O–H groups in total. The van der Waals surface area contributed by atoms with Crippen molar-refractivity contribution in [2.24, 2.45) is 0 Å². The number of halogens is 1. The Kier molecular flexibility index (Phi) is 3.57. The normalized spacial score (nSPS) is 25.5. The average Bonchev–Trinajstić information content (AvgIpc) is 2.88. The molecule has 112 valence electrons. The number of rotatable bonds is 2. The van der Waals surface area contributed by atoms with Gasteiger partial charge in [-0.25, -0.2) is 4.98 Å². The molecule has 0 radical (unpaired) electrons. The minimum atomic E-state index is -0.302. The molecule has 0 spiro atoms. The van der Waals surface area contributed by atoms with Crippen molar-refractivity contribution in [2.45, 2.75) is 44.7 Å². The quantitative estimate of drug-likeness (QED) is 0.780. The van der Waals surface area contributed by atoms with Crippen LogP contribution in [0, 0.1) is 0 Å². The molecule has 21 heavy (non-hydrogen) atoms. The predicted octanol–water partition coefficient (Wildman–Crippen LogP) is 1.81. The number of Topliss-reactive ketones (excluding diaryl/α,β-unsaturated/α-hetero) is 1. The number of hydrogen-bond acceptors (Lipinski definition) is 5. The molecule has 3 rings (SSSR count). The van der Waals surface area contributed by atoms with E-state index in [0.717, 1.165) is 6.42 Å². The van der Waals surface area contributed by atoms with Crippen LogP contribution in [-0.2, 0) is 9.59 Å². The Hall–Kier alpha value is -1.69. The van der Waals surface area contributed by atoms with Crippen molar-refractivity contribution in [3.8, 4) is 0 Å². The first kappa shape index (κ1) is 14.3. The molecular formula is C14H17ClN4O2. The molecule has 7 heteroatoms. The maximum Gasteiger partial charge on any atom is 0.249 e. The van der Waals surface area contributed by atoms with Crippen molar-refractivity contribution >= 4 is 34.8 Å². The highest BCUT2D eigenvalue weighted by atomic mass is 35.5. The Morgan fingerprint density at radius 3 is 2.81 bits per heavy atom. The summed E-state index contributed by atoms with van der Waals surface area (Å²) in [6.45, 7) is 1.97. The number of amides is 1. The lowest BCUT2D eigenvalue weighted by atomic mass is 10.0. The van der Waals surface area contributed by atoms with Crippen LogP contribution in [0.1, 0.15) is 32.6 Å². The first-order chi connectivity index (χ1) is 10.0. The Bertz CT molecular complexity index is 607. The fourth-order valence-corrected chi connectivity index (χ4v) is 3.34. The van der Waals surface area contributed by atoms with E-state index in [2.05, 4.69) is 9.97 Å². The van der Waals surface area contributed by atoms with E-state index in [4.69, 9.17) is 11.6 Å². The largest absolute Gasteiger partial charge is 0.339 e. The summed E-state index contributed by atoms with van der Waals surface area (Å²) in [6, 6.07) is -0.283. The number of carbonyl (C=O) groups is 2. The van der Waals surface area contributed by atoms with Gasteiger partial charge < -0.3 is 9.80 Å². The van der Waals surface area contributed by atoms with E-state index < -0.39 is 0 Å². The van der Waals surface area contributed by atoms with Crippen LogP contribution in [0.3, 0.4) is 0 Å². The van der Waals surface area contributed by atoms with Crippen LogP contribution in [0.15, 0.2) is 6.20 Å². The van der Waals surface area contributed by atoms with E-state index in [1.54, 1.807) is 18.1 Å². The summed E-state index contributed by atoms with van der Waals surface area (Å²) in [7, 11) is 1.72. The highest BCUT2D eigenvalue weighted by Crippen LogP contribution is 2.39. The monoisotopic (exact) mass is 308 g/mol. The third-order valence-corrected chi connectivity index (χ3v) is 4.46. The molecule has 1 fully saturated rings. The van der Waals surface area contributed by atoms with E-state index in [-0.39, 0.29) is 29.1 Å².